The fourth-order valence-corrected chi connectivity index (χ4v) is 1.23. The third-order valence-electron chi connectivity index (χ3n) is 1.98. The molecule has 0 spiro atoms. The number of rotatable bonds is 3. The molecule has 0 aliphatic heterocycles. The summed E-state index contributed by atoms with van der Waals surface area (Å²) in [4.78, 5) is 0. The maximum absolute atomic E-state index is 8.98. The zero-order valence-corrected chi connectivity index (χ0v) is 7.83. The molecule has 0 aliphatic carbocycles. The molecule has 0 saturated carbocycles. The van der Waals surface area contributed by atoms with Crippen LogP contribution in [0.5, 0.6) is 0 Å². The summed E-state index contributed by atoms with van der Waals surface area (Å²) in [7, 11) is 0. The van der Waals surface area contributed by atoms with Gasteiger partial charge in [0.05, 0.1) is 11.9 Å². The molecule has 2 rings (SSSR count). The fourth-order valence-electron chi connectivity index (χ4n) is 1.23. The van der Waals surface area contributed by atoms with Crippen molar-refractivity contribution in [2.75, 3.05) is 0 Å². The molecule has 6 heteroatoms. The largest absolute Gasteiger partial charge is 0.388 e. The van der Waals surface area contributed by atoms with Gasteiger partial charge in [0, 0.05) is 12.7 Å². The lowest BCUT2D eigenvalue weighted by atomic mass is 10.5. The lowest BCUT2D eigenvalue weighted by Gasteiger charge is -1.99. The van der Waals surface area contributed by atoms with Gasteiger partial charge in [-0.1, -0.05) is 0 Å². The minimum absolute atomic E-state index is 0.128. The minimum atomic E-state index is -0.128. The molecular weight excluding hydrogens is 182 g/mol. The first-order chi connectivity index (χ1) is 6.85. The SMILES string of the molecule is CCn1cc(-n2cnnc2CO)cn1. The second-order valence-electron chi connectivity index (χ2n) is 2.83. The molecule has 0 aromatic carbocycles. The van der Waals surface area contributed by atoms with E-state index in [-0.39, 0.29) is 6.61 Å². The zero-order chi connectivity index (χ0) is 9.97. The van der Waals surface area contributed by atoms with Crippen molar-refractivity contribution in [3.8, 4) is 5.69 Å². The van der Waals surface area contributed by atoms with Gasteiger partial charge in [-0.25, -0.2) is 0 Å². The summed E-state index contributed by atoms with van der Waals surface area (Å²) in [6.07, 6.45) is 5.15. The lowest BCUT2D eigenvalue weighted by molar-refractivity contribution is 0.269. The molecule has 14 heavy (non-hydrogen) atoms. The smallest absolute Gasteiger partial charge is 0.163 e. The summed E-state index contributed by atoms with van der Waals surface area (Å²) < 4.78 is 3.51. The average molecular weight is 193 g/mol. The summed E-state index contributed by atoms with van der Waals surface area (Å²) in [5.74, 6) is 0.514. The van der Waals surface area contributed by atoms with Gasteiger partial charge < -0.3 is 5.11 Å². The number of aliphatic hydroxyl groups excluding tert-OH is 1. The van der Waals surface area contributed by atoms with Crippen LogP contribution < -0.4 is 0 Å². The Morgan fingerprint density at radius 1 is 1.50 bits per heavy atom. The van der Waals surface area contributed by atoms with Gasteiger partial charge >= 0.3 is 0 Å². The molecule has 0 bridgehead atoms. The Bertz CT molecular complexity index is 419. The molecule has 0 atom stereocenters. The fraction of sp³-hybridized carbons (Fsp3) is 0.375. The van der Waals surface area contributed by atoms with Crippen molar-refractivity contribution in [2.45, 2.75) is 20.1 Å². The van der Waals surface area contributed by atoms with Crippen LogP contribution in [0, 0.1) is 0 Å². The number of aryl methyl sites for hydroxylation is 1. The normalized spacial score (nSPS) is 10.7. The van der Waals surface area contributed by atoms with Crippen LogP contribution in [-0.2, 0) is 13.2 Å². The van der Waals surface area contributed by atoms with Crippen LogP contribution in [0.3, 0.4) is 0 Å². The summed E-state index contributed by atoms with van der Waals surface area (Å²) >= 11 is 0. The highest BCUT2D eigenvalue weighted by molar-refractivity contribution is 5.26. The lowest BCUT2D eigenvalue weighted by Crippen LogP contribution is -1.99. The number of aliphatic hydroxyl groups is 1. The van der Waals surface area contributed by atoms with Crippen molar-refractivity contribution in [2.24, 2.45) is 0 Å². The van der Waals surface area contributed by atoms with Crippen molar-refractivity contribution < 1.29 is 5.11 Å². The Labute approximate surface area is 80.8 Å². The summed E-state index contributed by atoms with van der Waals surface area (Å²) in [6.45, 7) is 2.70. The van der Waals surface area contributed by atoms with Crippen LogP contribution in [0.15, 0.2) is 18.7 Å². The third kappa shape index (κ3) is 1.39. The van der Waals surface area contributed by atoms with E-state index in [9.17, 15) is 0 Å². The highest BCUT2D eigenvalue weighted by Crippen LogP contribution is 2.07. The van der Waals surface area contributed by atoms with Gasteiger partial charge in [-0.15, -0.1) is 10.2 Å². The molecule has 0 amide bonds. The molecule has 74 valence electrons. The molecular formula is C8H11N5O. The molecule has 0 aliphatic rings. The Morgan fingerprint density at radius 2 is 2.36 bits per heavy atom. The van der Waals surface area contributed by atoms with Crippen molar-refractivity contribution in [1.82, 2.24) is 24.5 Å². The molecule has 0 unspecified atom stereocenters. The number of nitrogens with zero attached hydrogens (tertiary/aromatic N) is 5. The standard InChI is InChI=1S/C8H11N5O/c1-2-12-4-7(3-10-12)13-6-9-11-8(13)5-14/h3-4,6,14H,2,5H2,1H3. The predicted molar refractivity (Wildman–Crippen MR) is 48.7 cm³/mol. The topological polar surface area (TPSA) is 68.8 Å². The van der Waals surface area contributed by atoms with Crippen LogP contribution in [0.2, 0.25) is 0 Å². The van der Waals surface area contributed by atoms with Crippen LogP contribution >= 0.6 is 0 Å². The molecule has 1 N–H and O–H groups in total. The van der Waals surface area contributed by atoms with E-state index in [4.69, 9.17) is 5.11 Å². The number of hydrogen-bond acceptors (Lipinski definition) is 4. The third-order valence-corrected chi connectivity index (χ3v) is 1.98. The van der Waals surface area contributed by atoms with E-state index in [1.54, 1.807) is 21.8 Å². The van der Waals surface area contributed by atoms with Crippen molar-refractivity contribution >= 4 is 0 Å². The van der Waals surface area contributed by atoms with Gasteiger partial charge in [0.25, 0.3) is 0 Å². The van der Waals surface area contributed by atoms with E-state index in [1.165, 1.54) is 0 Å². The first-order valence-electron chi connectivity index (χ1n) is 4.37. The minimum Gasteiger partial charge on any atom is -0.388 e. The molecule has 0 fully saturated rings. The van der Waals surface area contributed by atoms with Gasteiger partial charge in [0.1, 0.15) is 12.9 Å². The monoisotopic (exact) mass is 193 g/mol. The van der Waals surface area contributed by atoms with Crippen molar-refractivity contribution in [3.05, 3.63) is 24.5 Å². The molecule has 2 aromatic heterocycles. The van der Waals surface area contributed by atoms with E-state index in [1.807, 2.05) is 13.1 Å². The second kappa shape index (κ2) is 3.59. The quantitative estimate of drug-likeness (QED) is 0.743. The van der Waals surface area contributed by atoms with Crippen molar-refractivity contribution in [3.63, 3.8) is 0 Å². The molecule has 0 radical (unpaired) electrons. The average Bonchev–Trinajstić information content (AvgIpc) is 2.85. The van der Waals surface area contributed by atoms with Gasteiger partial charge in [0.15, 0.2) is 5.82 Å². The van der Waals surface area contributed by atoms with Gasteiger partial charge in [-0.2, -0.15) is 5.10 Å². The molecule has 2 aromatic rings. The Balaban J connectivity index is 2.38. The van der Waals surface area contributed by atoms with E-state index in [0.29, 0.717) is 5.82 Å². The maximum Gasteiger partial charge on any atom is 0.163 e. The number of aromatic nitrogens is 5. The van der Waals surface area contributed by atoms with Crippen LogP contribution in [-0.4, -0.2) is 29.7 Å². The Kier molecular flexibility index (Phi) is 2.28. The van der Waals surface area contributed by atoms with Crippen molar-refractivity contribution in [1.29, 1.82) is 0 Å². The Hall–Kier alpha value is -1.69. The first kappa shape index (κ1) is 8.89. The van der Waals surface area contributed by atoms with E-state index >= 15 is 0 Å². The van der Waals surface area contributed by atoms with Crippen LogP contribution in [0.4, 0.5) is 0 Å². The highest BCUT2D eigenvalue weighted by atomic mass is 16.3. The second-order valence-corrected chi connectivity index (χ2v) is 2.83. The number of hydrogen-bond donors (Lipinski definition) is 1. The van der Waals surface area contributed by atoms with E-state index in [0.717, 1.165) is 12.2 Å². The first-order valence-corrected chi connectivity index (χ1v) is 4.37. The van der Waals surface area contributed by atoms with Gasteiger partial charge in [-0.3, -0.25) is 9.25 Å². The van der Waals surface area contributed by atoms with Crippen LogP contribution in [0.1, 0.15) is 12.7 Å². The van der Waals surface area contributed by atoms with E-state index in [2.05, 4.69) is 15.3 Å². The molecule has 6 nitrogen and oxygen atoms in total. The summed E-state index contributed by atoms with van der Waals surface area (Å²) in [5.41, 5.74) is 0.862. The highest BCUT2D eigenvalue weighted by Gasteiger charge is 2.06. The molecule has 2 heterocycles. The maximum atomic E-state index is 8.98. The van der Waals surface area contributed by atoms with E-state index < -0.39 is 0 Å². The zero-order valence-electron chi connectivity index (χ0n) is 7.83. The van der Waals surface area contributed by atoms with Crippen LogP contribution in [0.25, 0.3) is 5.69 Å². The van der Waals surface area contributed by atoms with Gasteiger partial charge in [-0.05, 0) is 6.92 Å². The molecule has 0 saturated heterocycles. The summed E-state index contributed by atoms with van der Waals surface area (Å²) in [6, 6.07) is 0. The van der Waals surface area contributed by atoms with Gasteiger partial charge in [0.2, 0.25) is 0 Å². The predicted octanol–water partition coefficient (Wildman–Crippen LogP) is -0.0240. The Morgan fingerprint density at radius 3 is 3.00 bits per heavy atom. The summed E-state index contributed by atoms with van der Waals surface area (Å²) in [5, 5.41) is 20.6.